The Bertz CT molecular complexity index is 227. The van der Waals surface area contributed by atoms with Crippen molar-refractivity contribution in [3.8, 4) is 0 Å². The van der Waals surface area contributed by atoms with E-state index in [9.17, 15) is 4.57 Å². The van der Waals surface area contributed by atoms with Crippen molar-refractivity contribution in [1.82, 2.24) is 0 Å². The van der Waals surface area contributed by atoms with Gasteiger partial charge in [0.05, 0.1) is 6.26 Å². The fraction of sp³-hybridized carbons (Fsp3) is 0.200. The van der Waals surface area contributed by atoms with Gasteiger partial charge in [-0.2, -0.15) is 0 Å². The summed E-state index contributed by atoms with van der Waals surface area (Å²) in [4.78, 5) is 16.6. The maximum atomic E-state index is 10.2. The van der Waals surface area contributed by atoms with Gasteiger partial charge in [0, 0.05) is 0 Å². The molecule has 2 N–H and O–H groups in total. The second-order valence-electron chi connectivity index (χ2n) is 1.81. The third-order valence-corrected chi connectivity index (χ3v) is 1.39. The smallest absolute Gasteiger partial charge is 0.468 e. The summed E-state index contributed by atoms with van der Waals surface area (Å²) in [7, 11) is -4.44. The van der Waals surface area contributed by atoms with E-state index in [2.05, 4.69) is 9.26 Å². The summed E-state index contributed by atoms with van der Waals surface area (Å²) < 4.78 is 19.1. The highest BCUT2D eigenvalue weighted by molar-refractivity contribution is 7.46. The van der Waals surface area contributed by atoms with Crippen LogP contribution in [0.4, 0.5) is 0 Å². The Kier molecular flexibility index (Phi) is 2.46. The Balaban J connectivity index is 2.46. The second kappa shape index (κ2) is 3.19. The molecule has 1 atom stereocenters. The molecule has 11 heavy (non-hydrogen) atoms. The van der Waals surface area contributed by atoms with Gasteiger partial charge in [0.15, 0.2) is 0 Å². The van der Waals surface area contributed by atoms with Crippen molar-refractivity contribution < 1.29 is 23.6 Å². The van der Waals surface area contributed by atoms with Gasteiger partial charge in [0.25, 0.3) is 0 Å². The lowest BCUT2D eigenvalue weighted by Crippen LogP contribution is -2.11. The predicted octanol–water partition coefficient (Wildman–Crippen LogP) is 0.522. The first-order valence-corrected chi connectivity index (χ1v) is 4.34. The van der Waals surface area contributed by atoms with E-state index in [0.717, 1.165) is 0 Å². The molecule has 5 nitrogen and oxygen atoms in total. The van der Waals surface area contributed by atoms with Crippen LogP contribution < -0.4 is 0 Å². The largest absolute Gasteiger partial charge is 0.472 e. The maximum Gasteiger partial charge on any atom is 0.472 e. The monoisotopic (exact) mass is 178 g/mol. The molecule has 0 aromatic rings. The molecule has 1 aliphatic heterocycles. The fourth-order valence-electron chi connectivity index (χ4n) is 0.564. The molecule has 0 saturated carbocycles. The van der Waals surface area contributed by atoms with Crippen molar-refractivity contribution in [2.45, 2.75) is 6.29 Å². The Labute approximate surface area is 63.2 Å². The van der Waals surface area contributed by atoms with Crippen LogP contribution >= 0.6 is 7.82 Å². The average Bonchev–Trinajstić information content (AvgIpc) is 1.85. The number of phosphoric ester groups is 1. The van der Waals surface area contributed by atoms with Crippen LogP contribution in [0.15, 0.2) is 24.5 Å². The Morgan fingerprint density at radius 2 is 2.18 bits per heavy atom. The van der Waals surface area contributed by atoms with Gasteiger partial charge in [-0.25, -0.2) is 9.09 Å². The molecule has 0 bridgehead atoms. The quantitative estimate of drug-likeness (QED) is 0.603. The minimum absolute atomic E-state index is 0.985. The number of ether oxygens (including phenoxy) is 1. The number of phosphoric acid groups is 1. The van der Waals surface area contributed by atoms with E-state index in [1.807, 2.05) is 0 Å². The molecular weight excluding hydrogens is 171 g/mol. The van der Waals surface area contributed by atoms with Crippen LogP contribution in [0.3, 0.4) is 0 Å². The number of hydrogen-bond donors (Lipinski definition) is 2. The Morgan fingerprint density at radius 1 is 1.45 bits per heavy atom. The molecule has 62 valence electrons. The van der Waals surface area contributed by atoms with E-state index in [1.165, 1.54) is 12.3 Å². The van der Waals surface area contributed by atoms with Crippen LogP contribution in [0, 0.1) is 0 Å². The standard InChI is InChI=1S/C5H7O5P/c6-11(7,8)10-5-3-1-2-4-9-5/h1-5H,(H2,6,7,8). The lowest BCUT2D eigenvalue weighted by atomic mass is 10.4. The summed E-state index contributed by atoms with van der Waals surface area (Å²) >= 11 is 0. The van der Waals surface area contributed by atoms with Crippen LogP contribution in [0.1, 0.15) is 0 Å². The molecule has 0 fully saturated rings. The molecular formula is C5H7O5P. The first-order chi connectivity index (χ1) is 5.08. The van der Waals surface area contributed by atoms with Gasteiger partial charge in [-0.05, 0) is 12.2 Å². The minimum atomic E-state index is -4.44. The van der Waals surface area contributed by atoms with Gasteiger partial charge < -0.3 is 14.5 Å². The lowest BCUT2D eigenvalue weighted by molar-refractivity contribution is -0.0124. The fourth-order valence-corrected chi connectivity index (χ4v) is 0.954. The highest BCUT2D eigenvalue weighted by Crippen LogP contribution is 2.38. The zero-order valence-electron chi connectivity index (χ0n) is 5.45. The normalized spacial score (nSPS) is 23.3. The Hall–Kier alpha value is -0.610. The van der Waals surface area contributed by atoms with Crippen molar-refractivity contribution in [2.24, 2.45) is 0 Å². The SMILES string of the molecule is O=P(O)(O)OC1C=CC=CO1. The molecule has 0 amide bonds. The van der Waals surface area contributed by atoms with Crippen LogP contribution in [0.2, 0.25) is 0 Å². The van der Waals surface area contributed by atoms with Crippen molar-refractivity contribution in [2.75, 3.05) is 0 Å². The van der Waals surface area contributed by atoms with Crippen LogP contribution in [0.25, 0.3) is 0 Å². The molecule has 0 aromatic carbocycles. The molecule has 6 heteroatoms. The summed E-state index contributed by atoms with van der Waals surface area (Å²) in [5.41, 5.74) is 0. The molecule has 0 saturated heterocycles. The van der Waals surface area contributed by atoms with Gasteiger partial charge in [0.1, 0.15) is 0 Å². The number of allylic oxidation sites excluding steroid dienone is 2. The van der Waals surface area contributed by atoms with Gasteiger partial charge in [-0.1, -0.05) is 6.08 Å². The van der Waals surface area contributed by atoms with Crippen molar-refractivity contribution >= 4 is 7.82 Å². The zero-order valence-corrected chi connectivity index (χ0v) is 6.35. The van der Waals surface area contributed by atoms with Crippen LogP contribution in [-0.2, 0) is 13.8 Å². The second-order valence-corrected chi connectivity index (χ2v) is 3.01. The maximum absolute atomic E-state index is 10.2. The van der Waals surface area contributed by atoms with Gasteiger partial charge in [-0.15, -0.1) is 0 Å². The van der Waals surface area contributed by atoms with E-state index in [1.54, 1.807) is 12.2 Å². The van der Waals surface area contributed by atoms with E-state index < -0.39 is 14.1 Å². The predicted molar refractivity (Wildman–Crippen MR) is 36.3 cm³/mol. The van der Waals surface area contributed by atoms with E-state index >= 15 is 0 Å². The number of hydrogen-bond acceptors (Lipinski definition) is 3. The van der Waals surface area contributed by atoms with Crippen molar-refractivity contribution in [3.05, 3.63) is 24.5 Å². The highest BCUT2D eigenvalue weighted by atomic mass is 31.2. The third-order valence-electron chi connectivity index (χ3n) is 0.912. The van der Waals surface area contributed by atoms with E-state index in [-0.39, 0.29) is 0 Å². The van der Waals surface area contributed by atoms with Gasteiger partial charge in [-0.3, -0.25) is 0 Å². The minimum Gasteiger partial charge on any atom is -0.468 e. The molecule has 0 aliphatic carbocycles. The highest BCUT2D eigenvalue weighted by Gasteiger charge is 2.20. The van der Waals surface area contributed by atoms with Crippen molar-refractivity contribution in [3.63, 3.8) is 0 Å². The average molecular weight is 178 g/mol. The summed E-state index contributed by atoms with van der Waals surface area (Å²) in [6, 6.07) is 0. The molecule has 1 heterocycles. The summed E-state index contributed by atoms with van der Waals surface area (Å²) in [5.74, 6) is 0. The van der Waals surface area contributed by atoms with Gasteiger partial charge >= 0.3 is 7.82 Å². The molecule has 1 aliphatic rings. The zero-order chi connectivity index (χ0) is 8.32. The molecule has 1 unspecified atom stereocenters. The third kappa shape index (κ3) is 3.34. The summed E-state index contributed by atoms with van der Waals surface area (Å²) in [5, 5.41) is 0. The van der Waals surface area contributed by atoms with Crippen molar-refractivity contribution in [1.29, 1.82) is 0 Å². The topological polar surface area (TPSA) is 76.0 Å². The molecule has 0 aromatic heterocycles. The van der Waals surface area contributed by atoms with E-state index in [4.69, 9.17) is 9.79 Å². The molecule has 0 spiro atoms. The Morgan fingerprint density at radius 3 is 2.64 bits per heavy atom. The van der Waals surface area contributed by atoms with E-state index in [0.29, 0.717) is 0 Å². The molecule has 1 rings (SSSR count). The van der Waals surface area contributed by atoms with Crippen LogP contribution in [-0.4, -0.2) is 16.1 Å². The van der Waals surface area contributed by atoms with Crippen LogP contribution in [0.5, 0.6) is 0 Å². The first-order valence-electron chi connectivity index (χ1n) is 2.81. The van der Waals surface area contributed by atoms with Gasteiger partial charge in [0.2, 0.25) is 6.29 Å². The summed E-state index contributed by atoms with van der Waals surface area (Å²) in [6.07, 6.45) is 4.85. The number of rotatable bonds is 2. The summed E-state index contributed by atoms with van der Waals surface area (Å²) in [6.45, 7) is 0. The first kappa shape index (κ1) is 8.49. The molecule has 0 radical (unpaired) electrons. The lowest BCUT2D eigenvalue weighted by Gasteiger charge is -2.15.